The van der Waals surface area contributed by atoms with Crippen molar-refractivity contribution in [3.05, 3.63) is 81.8 Å². The zero-order valence-corrected chi connectivity index (χ0v) is 14.2. The number of benzene rings is 2. The van der Waals surface area contributed by atoms with Gasteiger partial charge in [-0.1, -0.05) is 18.2 Å². The van der Waals surface area contributed by atoms with Gasteiger partial charge in [-0.15, -0.1) is 11.3 Å². The predicted octanol–water partition coefficient (Wildman–Crippen LogP) is 4.70. The second-order valence-corrected chi connectivity index (χ2v) is 6.37. The number of thiophene rings is 1. The van der Waals surface area contributed by atoms with E-state index >= 15 is 0 Å². The van der Waals surface area contributed by atoms with Crippen LogP contribution in [0, 0.1) is 12.7 Å². The van der Waals surface area contributed by atoms with Crippen LogP contribution in [0.4, 0.5) is 15.8 Å². The number of halogens is 1. The van der Waals surface area contributed by atoms with Crippen LogP contribution in [-0.4, -0.2) is 11.8 Å². The van der Waals surface area contributed by atoms with Gasteiger partial charge in [0.1, 0.15) is 5.82 Å². The van der Waals surface area contributed by atoms with Gasteiger partial charge in [-0.05, 0) is 54.3 Å². The summed E-state index contributed by atoms with van der Waals surface area (Å²) in [6.07, 6.45) is 0. The minimum absolute atomic E-state index is 0.228. The van der Waals surface area contributed by atoms with Crippen molar-refractivity contribution in [3.63, 3.8) is 0 Å². The third-order valence-corrected chi connectivity index (χ3v) is 4.44. The second kappa shape index (κ2) is 7.27. The third kappa shape index (κ3) is 4.10. The molecule has 4 nitrogen and oxygen atoms in total. The molecule has 1 aromatic heterocycles. The summed E-state index contributed by atoms with van der Waals surface area (Å²) in [5, 5.41) is 7.26. The minimum atomic E-state index is -0.419. The molecule has 0 radical (unpaired) electrons. The van der Waals surface area contributed by atoms with Crippen molar-refractivity contribution >= 4 is 34.5 Å². The normalized spacial score (nSPS) is 10.3. The molecule has 0 aliphatic heterocycles. The molecule has 2 aromatic carbocycles. The highest BCUT2D eigenvalue weighted by molar-refractivity contribution is 7.12. The fourth-order valence-corrected chi connectivity index (χ4v) is 2.88. The Labute approximate surface area is 148 Å². The average Bonchev–Trinajstić information content (AvgIpc) is 3.13. The van der Waals surface area contributed by atoms with Gasteiger partial charge in [-0.3, -0.25) is 9.59 Å². The number of rotatable bonds is 4. The molecule has 0 bridgehead atoms. The molecule has 0 saturated carbocycles. The molecule has 2 amide bonds. The molecule has 1 heterocycles. The SMILES string of the molecule is Cc1ccc(F)cc1NC(=O)c1cccc(NC(=O)c2cccs2)c1. The van der Waals surface area contributed by atoms with E-state index in [1.54, 1.807) is 49.4 Å². The van der Waals surface area contributed by atoms with Gasteiger partial charge < -0.3 is 10.6 Å². The Kier molecular flexibility index (Phi) is 4.90. The Morgan fingerprint density at radius 3 is 2.56 bits per heavy atom. The number of anilines is 2. The van der Waals surface area contributed by atoms with Crippen molar-refractivity contribution < 1.29 is 14.0 Å². The van der Waals surface area contributed by atoms with Crippen molar-refractivity contribution in [1.29, 1.82) is 0 Å². The topological polar surface area (TPSA) is 58.2 Å². The van der Waals surface area contributed by atoms with E-state index in [2.05, 4.69) is 10.6 Å². The zero-order valence-electron chi connectivity index (χ0n) is 13.4. The summed E-state index contributed by atoms with van der Waals surface area (Å²) in [6.45, 7) is 1.78. The molecule has 25 heavy (non-hydrogen) atoms. The van der Waals surface area contributed by atoms with E-state index in [9.17, 15) is 14.0 Å². The highest BCUT2D eigenvalue weighted by Crippen LogP contribution is 2.19. The number of carbonyl (C=O) groups excluding carboxylic acids is 2. The number of aryl methyl sites for hydroxylation is 1. The maximum absolute atomic E-state index is 13.3. The maximum Gasteiger partial charge on any atom is 0.265 e. The first-order valence-electron chi connectivity index (χ1n) is 7.55. The van der Waals surface area contributed by atoms with Crippen LogP contribution < -0.4 is 10.6 Å². The molecule has 0 aliphatic rings. The average molecular weight is 354 g/mol. The third-order valence-electron chi connectivity index (χ3n) is 3.58. The van der Waals surface area contributed by atoms with Gasteiger partial charge in [-0.25, -0.2) is 4.39 Å². The molecule has 0 spiro atoms. The van der Waals surface area contributed by atoms with Crippen LogP contribution in [-0.2, 0) is 0 Å². The Morgan fingerprint density at radius 1 is 0.960 bits per heavy atom. The highest BCUT2D eigenvalue weighted by Gasteiger charge is 2.11. The molecule has 0 unspecified atom stereocenters. The Morgan fingerprint density at radius 2 is 1.80 bits per heavy atom. The number of carbonyl (C=O) groups is 2. The molecule has 0 saturated heterocycles. The van der Waals surface area contributed by atoms with E-state index < -0.39 is 5.82 Å². The summed E-state index contributed by atoms with van der Waals surface area (Å²) in [5.41, 5.74) is 2.06. The first-order valence-corrected chi connectivity index (χ1v) is 8.43. The number of hydrogen-bond acceptors (Lipinski definition) is 3. The van der Waals surface area contributed by atoms with Gasteiger partial charge in [0.15, 0.2) is 0 Å². The molecular weight excluding hydrogens is 339 g/mol. The van der Waals surface area contributed by atoms with Gasteiger partial charge in [0.05, 0.1) is 4.88 Å². The smallest absolute Gasteiger partial charge is 0.265 e. The molecule has 3 aromatic rings. The predicted molar refractivity (Wildman–Crippen MR) is 97.8 cm³/mol. The Bertz CT molecular complexity index is 923. The van der Waals surface area contributed by atoms with Crippen LogP contribution in [0.2, 0.25) is 0 Å². The van der Waals surface area contributed by atoms with Crippen LogP contribution in [0.1, 0.15) is 25.6 Å². The van der Waals surface area contributed by atoms with Gasteiger partial charge in [-0.2, -0.15) is 0 Å². The summed E-state index contributed by atoms with van der Waals surface area (Å²) >= 11 is 1.34. The van der Waals surface area contributed by atoms with E-state index in [1.165, 1.54) is 23.5 Å². The van der Waals surface area contributed by atoms with Crippen LogP contribution >= 0.6 is 11.3 Å². The quantitative estimate of drug-likeness (QED) is 0.713. The van der Waals surface area contributed by atoms with Crippen LogP contribution in [0.5, 0.6) is 0 Å². The first kappa shape index (κ1) is 16.9. The lowest BCUT2D eigenvalue weighted by atomic mass is 10.1. The number of nitrogens with one attached hydrogen (secondary N) is 2. The summed E-state index contributed by atoms with van der Waals surface area (Å²) in [6, 6.07) is 14.3. The molecule has 0 fully saturated rings. The maximum atomic E-state index is 13.3. The molecule has 0 aliphatic carbocycles. The Balaban J connectivity index is 1.75. The van der Waals surface area contributed by atoms with Crippen molar-refractivity contribution in [1.82, 2.24) is 0 Å². The Hall–Kier alpha value is -2.99. The van der Waals surface area contributed by atoms with Crippen molar-refractivity contribution in [2.24, 2.45) is 0 Å². The van der Waals surface area contributed by atoms with E-state index in [-0.39, 0.29) is 11.8 Å². The largest absolute Gasteiger partial charge is 0.322 e. The van der Waals surface area contributed by atoms with E-state index in [0.29, 0.717) is 21.8 Å². The summed E-state index contributed by atoms with van der Waals surface area (Å²) in [7, 11) is 0. The van der Waals surface area contributed by atoms with Crippen molar-refractivity contribution in [3.8, 4) is 0 Å². The summed E-state index contributed by atoms with van der Waals surface area (Å²) in [5.74, 6) is -1.02. The van der Waals surface area contributed by atoms with Crippen molar-refractivity contribution in [2.45, 2.75) is 6.92 Å². The van der Waals surface area contributed by atoms with Crippen molar-refractivity contribution in [2.75, 3.05) is 10.6 Å². The fourth-order valence-electron chi connectivity index (χ4n) is 2.26. The van der Waals surface area contributed by atoms with E-state index in [0.717, 1.165) is 5.56 Å². The first-order chi connectivity index (χ1) is 12.0. The molecule has 2 N–H and O–H groups in total. The molecule has 126 valence electrons. The van der Waals surface area contributed by atoms with Crippen LogP contribution in [0.3, 0.4) is 0 Å². The monoisotopic (exact) mass is 354 g/mol. The van der Waals surface area contributed by atoms with Gasteiger partial charge in [0.2, 0.25) is 0 Å². The van der Waals surface area contributed by atoms with Gasteiger partial charge in [0.25, 0.3) is 11.8 Å². The molecule has 3 rings (SSSR count). The zero-order chi connectivity index (χ0) is 17.8. The van der Waals surface area contributed by atoms with Gasteiger partial charge >= 0.3 is 0 Å². The standard InChI is InChI=1S/C19H15FN2O2S/c1-12-7-8-14(20)11-16(12)22-18(23)13-4-2-5-15(10-13)21-19(24)17-6-3-9-25-17/h2-11H,1H3,(H,21,24)(H,22,23). The summed E-state index contributed by atoms with van der Waals surface area (Å²) in [4.78, 5) is 25.1. The van der Waals surface area contributed by atoms with Crippen LogP contribution in [0.25, 0.3) is 0 Å². The number of amides is 2. The van der Waals surface area contributed by atoms with Gasteiger partial charge in [0, 0.05) is 16.9 Å². The van der Waals surface area contributed by atoms with E-state index in [1.807, 2.05) is 5.38 Å². The number of hydrogen-bond donors (Lipinski definition) is 2. The lowest BCUT2D eigenvalue weighted by molar-refractivity contribution is 0.101. The highest BCUT2D eigenvalue weighted by atomic mass is 32.1. The lowest BCUT2D eigenvalue weighted by Crippen LogP contribution is -2.14. The van der Waals surface area contributed by atoms with Crippen LogP contribution in [0.15, 0.2) is 60.0 Å². The van der Waals surface area contributed by atoms with E-state index in [4.69, 9.17) is 0 Å². The molecule has 0 atom stereocenters. The molecule has 6 heteroatoms. The fraction of sp³-hybridized carbons (Fsp3) is 0.0526. The minimum Gasteiger partial charge on any atom is -0.322 e. The molecular formula is C19H15FN2O2S. The lowest BCUT2D eigenvalue weighted by Gasteiger charge is -2.10. The summed E-state index contributed by atoms with van der Waals surface area (Å²) < 4.78 is 13.3. The second-order valence-electron chi connectivity index (χ2n) is 5.43.